The van der Waals surface area contributed by atoms with Crippen molar-refractivity contribution >= 4 is 23.4 Å². The van der Waals surface area contributed by atoms with Crippen molar-refractivity contribution in [2.45, 2.75) is 4.90 Å². The second-order valence-corrected chi connectivity index (χ2v) is 2.91. The Morgan fingerprint density at radius 2 is 2.33 bits per heavy atom. The number of benzene rings is 1. The average Bonchev–Trinajstić information content (AvgIpc) is 1.88. The van der Waals surface area contributed by atoms with E-state index in [9.17, 15) is 0 Å². The molecule has 0 saturated heterocycles. The highest BCUT2D eigenvalue weighted by molar-refractivity contribution is 7.98. The van der Waals surface area contributed by atoms with Gasteiger partial charge in [0.2, 0.25) is 0 Å². The number of halogens is 1. The molecule has 0 fully saturated rings. The second-order valence-electron chi connectivity index (χ2n) is 1.59. The van der Waals surface area contributed by atoms with E-state index in [0.29, 0.717) is 0 Å². The molecule has 0 aromatic heterocycles. The van der Waals surface area contributed by atoms with E-state index < -0.39 is 0 Å². The van der Waals surface area contributed by atoms with Crippen LogP contribution in [0.1, 0.15) is 0 Å². The Balaban J connectivity index is 2.94. The Bertz CT molecular complexity index is 198. The van der Waals surface area contributed by atoms with Gasteiger partial charge in [0.1, 0.15) is 0 Å². The van der Waals surface area contributed by atoms with Gasteiger partial charge in [-0.25, -0.2) is 0 Å². The highest BCUT2D eigenvalue weighted by Crippen LogP contribution is 2.17. The fraction of sp³-hybridized carbons (Fsp3) is 0.143. The molecule has 2 heteroatoms. The molecule has 0 atom stereocenters. The summed E-state index contributed by atoms with van der Waals surface area (Å²) < 4.78 is 0. The lowest BCUT2D eigenvalue weighted by Crippen LogP contribution is -1.67. The molecule has 0 amide bonds. The minimum atomic E-state index is 0.752. The van der Waals surface area contributed by atoms with Crippen molar-refractivity contribution < 1.29 is 0 Å². The molecule has 47 valence electrons. The number of hydrogen-bond donors (Lipinski definition) is 0. The van der Waals surface area contributed by atoms with Gasteiger partial charge in [0.25, 0.3) is 0 Å². The van der Waals surface area contributed by atoms with Gasteiger partial charge in [-0.15, -0.1) is 11.8 Å². The van der Waals surface area contributed by atoms with Gasteiger partial charge in [-0.3, -0.25) is 0 Å². The fourth-order valence-corrected chi connectivity index (χ4v) is 1.22. The Morgan fingerprint density at radius 3 is 2.78 bits per heavy atom. The molecule has 0 aliphatic rings. The Kier molecular flexibility index (Phi) is 2.43. The molecule has 1 aromatic carbocycles. The van der Waals surface area contributed by atoms with Gasteiger partial charge < -0.3 is 0 Å². The standard InChI is InChI=1S/C7H6ClS/c1-9-7-4-2-3-6(8)5-7/h3-5H,1H3. The van der Waals surface area contributed by atoms with Crippen molar-refractivity contribution in [3.63, 3.8) is 0 Å². The summed E-state index contributed by atoms with van der Waals surface area (Å²) in [5.41, 5.74) is 0. The lowest BCUT2D eigenvalue weighted by molar-refractivity contribution is 1.46. The van der Waals surface area contributed by atoms with Crippen LogP contribution in [0.5, 0.6) is 0 Å². The van der Waals surface area contributed by atoms with Crippen LogP contribution < -0.4 is 0 Å². The van der Waals surface area contributed by atoms with Gasteiger partial charge in [0.15, 0.2) is 0 Å². The van der Waals surface area contributed by atoms with Gasteiger partial charge in [-0.1, -0.05) is 11.6 Å². The van der Waals surface area contributed by atoms with Crippen molar-refractivity contribution in [2.24, 2.45) is 0 Å². The molecule has 1 aromatic rings. The third-order valence-corrected chi connectivity index (χ3v) is 1.89. The first-order valence-corrected chi connectivity index (χ1v) is 4.14. The van der Waals surface area contributed by atoms with Gasteiger partial charge >= 0.3 is 0 Å². The van der Waals surface area contributed by atoms with Crippen LogP contribution in [-0.4, -0.2) is 6.26 Å². The first kappa shape index (κ1) is 6.97. The minimum absolute atomic E-state index is 0.752. The molecule has 9 heavy (non-hydrogen) atoms. The first-order valence-electron chi connectivity index (χ1n) is 2.53. The molecule has 0 bridgehead atoms. The van der Waals surface area contributed by atoms with Gasteiger partial charge in [-0.05, 0) is 30.5 Å². The monoisotopic (exact) mass is 157 g/mol. The van der Waals surface area contributed by atoms with Crippen molar-refractivity contribution in [1.29, 1.82) is 0 Å². The van der Waals surface area contributed by atoms with E-state index in [2.05, 4.69) is 6.07 Å². The molecule has 0 heterocycles. The highest BCUT2D eigenvalue weighted by Gasteiger charge is 1.88. The molecule has 0 nitrogen and oxygen atoms in total. The molecule has 0 aliphatic carbocycles. The summed E-state index contributed by atoms with van der Waals surface area (Å²) in [6, 6.07) is 8.51. The van der Waals surface area contributed by atoms with E-state index in [1.807, 2.05) is 18.4 Å². The summed E-state index contributed by atoms with van der Waals surface area (Å²) in [6.45, 7) is 0. The zero-order valence-corrected chi connectivity index (χ0v) is 6.59. The third-order valence-electron chi connectivity index (χ3n) is 0.963. The molecule has 0 aliphatic heterocycles. The van der Waals surface area contributed by atoms with Crippen molar-refractivity contribution in [3.8, 4) is 0 Å². The SMILES string of the molecule is CSc1c[c]cc(Cl)c1. The molecule has 1 rings (SSSR count). The summed E-state index contributed by atoms with van der Waals surface area (Å²) in [7, 11) is 0. The minimum Gasteiger partial charge on any atom is -0.130 e. The maximum Gasteiger partial charge on any atom is 0.0423 e. The summed E-state index contributed by atoms with van der Waals surface area (Å²) in [6.07, 6.45) is 2.01. The summed E-state index contributed by atoms with van der Waals surface area (Å²) in [5.74, 6) is 0. The topological polar surface area (TPSA) is 0 Å². The molecule has 1 radical (unpaired) electrons. The van der Waals surface area contributed by atoms with E-state index in [1.165, 1.54) is 0 Å². The van der Waals surface area contributed by atoms with E-state index in [0.717, 1.165) is 9.92 Å². The fourth-order valence-electron chi connectivity index (χ4n) is 0.540. The molecule has 0 unspecified atom stereocenters. The Morgan fingerprint density at radius 1 is 1.56 bits per heavy atom. The summed E-state index contributed by atoms with van der Waals surface area (Å²) in [5, 5.41) is 0.752. The predicted molar refractivity (Wildman–Crippen MR) is 42.1 cm³/mol. The molecule has 0 spiro atoms. The molecule has 0 saturated carbocycles. The van der Waals surface area contributed by atoms with Gasteiger partial charge in [0, 0.05) is 9.92 Å². The van der Waals surface area contributed by atoms with Crippen molar-refractivity contribution in [1.82, 2.24) is 0 Å². The quantitative estimate of drug-likeness (QED) is 0.565. The summed E-state index contributed by atoms with van der Waals surface area (Å²) in [4.78, 5) is 1.16. The average molecular weight is 158 g/mol. The maximum atomic E-state index is 5.68. The number of hydrogen-bond acceptors (Lipinski definition) is 1. The van der Waals surface area contributed by atoms with E-state index in [4.69, 9.17) is 11.6 Å². The number of thioether (sulfide) groups is 1. The van der Waals surface area contributed by atoms with Crippen molar-refractivity contribution in [3.05, 3.63) is 29.3 Å². The lowest BCUT2D eigenvalue weighted by Gasteiger charge is -1.92. The van der Waals surface area contributed by atoms with Crippen LogP contribution in [0.2, 0.25) is 5.02 Å². The molecular formula is C7H6ClS. The largest absolute Gasteiger partial charge is 0.130 e. The zero-order valence-electron chi connectivity index (χ0n) is 5.02. The highest BCUT2D eigenvalue weighted by atomic mass is 35.5. The first-order chi connectivity index (χ1) is 4.33. The predicted octanol–water partition coefficient (Wildman–Crippen LogP) is 2.86. The van der Waals surface area contributed by atoms with Crippen LogP contribution in [0.4, 0.5) is 0 Å². The van der Waals surface area contributed by atoms with Crippen LogP contribution in [0, 0.1) is 6.07 Å². The summed E-state index contributed by atoms with van der Waals surface area (Å²) >= 11 is 7.35. The smallest absolute Gasteiger partial charge is 0.0423 e. The van der Waals surface area contributed by atoms with Crippen LogP contribution in [0.25, 0.3) is 0 Å². The normalized spacial score (nSPS) is 9.56. The van der Waals surface area contributed by atoms with Gasteiger partial charge in [0.05, 0.1) is 0 Å². The van der Waals surface area contributed by atoms with Crippen LogP contribution in [-0.2, 0) is 0 Å². The van der Waals surface area contributed by atoms with E-state index in [1.54, 1.807) is 17.8 Å². The number of rotatable bonds is 1. The van der Waals surface area contributed by atoms with E-state index in [-0.39, 0.29) is 0 Å². The molecular weight excluding hydrogens is 152 g/mol. The van der Waals surface area contributed by atoms with Crippen LogP contribution >= 0.6 is 23.4 Å². The van der Waals surface area contributed by atoms with Crippen LogP contribution in [0.15, 0.2) is 23.1 Å². The zero-order chi connectivity index (χ0) is 6.69. The molecule has 0 N–H and O–H groups in total. The Hall–Kier alpha value is -0.140. The Labute approximate surface area is 64.2 Å². The lowest BCUT2D eigenvalue weighted by atomic mass is 10.4. The van der Waals surface area contributed by atoms with E-state index >= 15 is 0 Å². The van der Waals surface area contributed by atoms with Crippen LogP contribution in [0.3, 0.4) is 0 Å². The van der Waals surface area contributed by atoms with Crippen molar-refractivity contribution in [2.75, 3.05) is 6.26 Å². The maximum absolute atomic E-state index is 5.68. The van der Waals surface area contributed by atoms with Gasteiger partial charge in [-0.2, -0.15) is 0 Å². The second kappa shape index (κ2) is 3.14. The third kappa shape index (κ3) is 1.92.